The molecule has 2 aromatic carbocycles. The first kappa shape index (κ1) is 30.8. The molecule has 0 bridgehead atoms. The van der Waals surface area contributed by atoms with E-state index in [-0.39, 0.29) is 32.1 Å². The first-order chi connectivity index (χ1) is 22.8. The Kier molecular flexibility index (Phi) is 8.10. The largest absolute Gasteiger partial charge is 0.455 e. The molecule has 1 spiro atoms. The van der Waals surface area contributed by atoms with Crippen molar-refractivity contribution in [2.45, 2.75) is 56.3 Å². The number of benzene rings is 2. The van der Waals surface area contributed by atoms with Crippen molar-refractivity contribution in [1.29, 1.82) is 0 Å². The fourth-order valence-corrected chi connectivity index (χ4v) is 7.27. The quantitative estimate of drug-likeness (QED) is 0.312. The van der Waals surface area contributed by atoms with Crippen LogP contribution in [-0.2, 0) is 35.3 Å². The van der Waals surface area contributed by atoms with Gasteiger partial charge in [0.1, 0.15) is 35.9 Å². The number of cyclic esters (lactones) is 1. The minimum atomic E-state index is -1.52. The summed E-state index contributed by atoms with van der Waals surface area (Å²) >= 11 is 0. The molecule has 0 radical (unpaired) electrons. The number of allylic oxidation sites excluding steroid dienone is 1. The first-order valence-electron chi connectivity index (χ1n) is 15.9. The molecule has 0 saturated carbocycles. The number of hydrogen-bond acceptors (Lipinski definition) is 9. The number of fused-ring (bicyclic) bond motifs is 3. The molecule has 4 aliphatic heterocycles. The topological polar surface area (TPSA) is 156 Å². The van der Waals surface area contributed by atoms with Crippen molar-refractivity contribution in [2.75, 3.05) is 19.7 Å². The van der Waals surface area contributed by atoms with E-state index in [0.717, 1.165) is 5.52 Å². The molecule has 3 aromatic rings. The predicted molar refractivity (Wildman–Crippen MR) is 167 cm³/mol. The van der Waals surface area contributed by atoms with Crippen LogP contribution in [0, 0.1) is 11.8 Å². The number of para-hydroxylation sites is 1. The van der Waals surface area contributed by atoms with Crippen LogP contribution in [0.1, 0.15) is 31.4 Å². The third-order valence-electron chi connectivity index (χ3n) is 9.53. The van der Waals surface area contributed by atoms with E-state index in [9.17, 15) is 24.3 Å². The number of hydrogen-bond donors (Lipinski definition) is 2. The molecule has 4 aliphatic rings. The third kappa shape index (κ3) is 5.28. The summed E-state index contributed by atoms with van der Waals surface area (Å²) in [5, 5.41) is 21.6. The number of aromatic nitrogens is 3. The van der Waals surface area contributed by atoms with Crippen LogP contribution in [0.2, 0.25) is 0 Å². The molecule has 7 atom stereocenters. The fraction of sp³-hybridized carbons (Fsp3) is 0.412. The Bertz CT molecular complexity index is 1760. The van der Waals surface area contributed by atoms with Gasteiger partial charge >= 0.3 is 5.97 Å². The standard InChI is InChI=1S/C34H36N6O7/c1-21(19-41)40-30-32(44)38(20-39-24-13-6-5-12-23(24)36-37-39)17-9-16-34(30)29(31(40)43)28-25(47-34)14-7-8-15-27(42)35-18-26(46-33(28)45)22-10-3-2-4-11-22/h2-7,9-14,16,21,25-26,28-30,41H,8,15,17-20H2,1H3,(H,35,42)/b14-7-/t21-,25-,26+,28+,29+,30-,34+/m1/s1. The highest BCUT2D eigenvalue weighted by atomic mass is 16.6. The van der Waals surface area contributed by atoms with E-state index in [4.69, 9.17) is 9.47 Å². The zero-order chi connectivity index (χ0) is 32.7. The number of carbonyl (C=O) groups excluding carboxylic acids is 4. The van der Waals surface area contributed by atoms with Gasteiger partial charge in [0.2, 0.25) is 11.8 Å². The molecule has 2 fully saturated rings. The van der Waals surface area contributed by atoms with Gasteiger partial charge < -0.3 is 29.7 Å². The fourth-order valence-electron chi connectivity index (χ4n) is 7.27. The molecule has 7 rings (SSSR count). The molecule has 2 saturated heterocycles. The monoisotopic (exact) mass is 640 g/mol. The molecule has 0 unspecified atom stereocenters. The lowest BCUT2D eigenvalue weighted by atomic mass is 9.78. The van der Waals surface area contributed by atoms with Gasteiger partial charge in [-0.25, -0.2) is 4.68 Å². The van der Waals surface area contributed by atoms with Crippen molar-refractivity contribution >= 4 is 34.7 Å². The molecule has 244 valence electrons. The number of rotatable bonds is 5. The van der Waals surface area contributed by atoms with Gasteiger partial charge in [-0.3, -0.25) is 19.2 Å². The molecule has 47 heavy (non-hydrogen) atoms. The van der Waals surface area contributed by atoms with Crippen LogP contribution in [0.15, 0.2) is 78.9 Å². The zero-order valence-corrected chi connectivity index (χ0v) is 25.8. The van der Waals surface area contributed by atoms with Crippen molar-refractivity contribution in [1.82, 2.24) is 30.1 Å². The van der Waals surface area contributed by atoms with Gasteiger partial charge in [-0.05, 0) is 31.0 Å². The van der Waals surface area contributed by atoms with Crippen molar-refractivity contribution in [3.05, 3.63) is 84.5 Å². The summed E-state index contributed by atoms with van der Waals surface area (Å²) in [6.45, 7) is 1.57. The van der Waals surface area contributed by atoms with Crippen LogP contribution in [0.5, 0.6) is 0 Å². The lowest BCUT2D eigenvalue weighted by Gasteiger charge is -2.37. The SMILES string of the molecule is C[C@H](CO)N1C(=O)[C@@H]2[C@H]3C(=O)O[C@H](c4ccccc4)CNC(=O)CC/C=C\[C@H]3O[C@@]23C=CCN(Cn2nnc4ccccc42)C(=O)[C@@H]13. The van der Waals surface area contributed by atoms with Gasteiger partial charge in [0, 0.05) is 13.0 Å². The summed E-state index contributed by atoms with van der Waals surface area (Å²) in [6, 6.07) is 14.6. The van der Waals surface area contributed by atoms with Crippen LogP contribution in [0.3, 0.4) is 0 Å². The van der Waals surface area contributed by atoms with Crippen molar-refractivity contribution in [3.8, 4) is 0 Å². The Labute approximate surface area is 270 Å². The van der Waals surface area contributed by atoms with E-state index in [1.54, 1.807) is 52.9 Å². The summed E-state index contributed by atoms with van der Waals surface area (Å²) in [7, 11) is 0. The Hall–Kier alpha value is -4.88. The Morgan fingerprint density at radius 3 is 2.64 bits per heavy atom. The van der Waals surface area contributed by atoms with Crippen LogP contribution >= 0.6 is 0 Å². The number of aliphatic hydroxyl groups excluding tert-OH is 1. The van der Waals surface area contributed by atoms with Gasteiger partial charge in [-0.1, -0.05) is 72.0 Å². The van der Waals surface area contributed by atoms with E-state index in [1.807, 2.05) is 42.5 Å². The van der Waals surface area contributed by atoms with E-state index < -0.39 is 66.1 Å². The van der Waals surface area contributed by atoms with E-state index in [2.05, 4.69) is 15.6 Å². The maximum Gasteiger partial charge on any atom is 0.313 e. The number of likely N-dealkylation sites (tertiary alicyclic amines) is 1. The number of ether oxygens (including phenoxy) is 2. The number of aliphatic hydroxyl groups is 1. The summed E-state index contributed by atoms with van der Waals surface area (Å²) in [5.74, 6) is -3.94. The van der Waals surface area contributed by atoms with Crippen LogP contribution in [0.4, 0.5) is 0 Å². The molecular formula is C34H36N6O7. The smallest absolute Gasteiger partial charge is 0.313 e. The van der Waals surface area contributed by atoms with Gasteiger partial charge in [0.05, 0.1) is 36.7 Å². The Morgan fingerprint density at radius 2 is 1.83 bits per heavy atom. The summed E-state index contributed by atoms with van der Waals surface area (Å²) in [4.78, 5) is 58.8. The number of nitrogens with zero attached hydrogens (tertiary/aromatic N) is 5. The highest BCUT2D eigenvalue weighted by Crippen LogP contribution is 2.53. The van der Waals surface area contributed by atoms with Crippen LogP contribution < -0.4 is 5.32 Å². The summed E-state index contributed by atoms with van der Waals surface area (Å²) in [5.41, 5.74) is 0.586. The summed E-state index contributed by atoms with van der Waals surface area (Å²) in [6.07, 6.45) is 5.84. The second kappa shape index (κ2) is 12.4. The molecule has 1 aromatic heterocycles. The minimum absolute atomic E-state index is 0.0565. The Balaban J connectivity index is 1.28. The molecule has 3 amide bonds. The number of esters is 1. The van der Waals surface area contributed by atoms with Gasteiger partial charge in [0.25, 0.3) is 5.91 Å². The average Bonchev–Trinajstić information content (AvgIpc) is 3.68. The van der Waals surface area contributed by atoms with E-state index >= 15 is 0 Å². The van der Waals surface area contributed by atoms with E-state index in [0.29, 0.717) is 17.5 Å². The number of amides is 3. The lowest BCUT2D eigenvalue weighted by Crippen LogP contribution is -2.57. The van der Waals surface area contributed by atoms with Crippen molar-refractivity contribution < 1.29 is 33.8 Å². The van der Waals surface area contributed by atoms with Crippen LogP contribution in [0.25, 0.3) is 11.0 Å². The number of carbonyl (C=O) groups is 4. The van der Waals surface area contributed by atoms with Gasteiger partial charge in [-0.2, -0.15) is 0 Å². The van der Waals surface area contributed by atoms with Gasteiger partial charge in [-0.15, -0.1) is 5.10 Å². The highest BCUT2D eigenvalue weighted by Gasteiger charge is 2.72. The third-order valence-corrected chi connectivity index (χ3v) is 9.53. The maximum absolute atomic E-state index is 14.6. The second-order valence-corrected chi connectivity index (χ2v) is 12.4. The normalized spacial score (nSPS) is 30.8. The lowest BCUT2D eigenvalue weighted by molar-refractivity contribution is -0.160. The first-order valence-corrected chi connectivity index (χ1v) is 15.9. The Morgan fingerprint density at radius 1 is 1.04 bits per heavy atom. The van der Waals surface area contributed by atoms with E-state index in [1.165, 1.54) is 4.90 Å². The van der Waals surface area contributed by atoms with Crippen molar-refractivity contribution in [2.24, 2.45) is 11.8 Å². The second-order valence-electron chi connectivity index (χ2n) is 12.4. The summed E-state index contributed by atoms with van der Waals surface area (Å²) < 4.78 is 14.4. The molecule has 2 N–H and O–H groups in total. The van der Waals surface area contributed by atoms with Crippen LogP contribution in [-0.4, -0.2) is 97.1 Å². The number of nitrogens with one attached hydrogen (secondary N) is 1. The zero-order valence-electron chi connectivity index (χ0n) is 25.8. The predicted octanol–water partition coefficient (Wildman–Crippen LogP) is 1.50. The molecule has 5 heterocycles. The van der Waals surface area contributed by atoms with Crippen molar-refractivity contribution in [3.63, 3.8) is 0 Å². The minimum Gasteiger partial charge on any atom is -0.455 e. The van der Waals surface area contributed by atoms with Gasteiger partial charge in [0.15, 0.2) is 0 Å². The molecule has 0 aliphatic carbocycles. The molecule has 13 heteroatoms. The molecular weight excluding hydrogens is 604 g/mol. The maximum atomic E-state index is 14.6. The molecule has 13 nitrogen and oxygen atoms in total. The highest BCUT2D eigenvalue weighted by molar-refractivity contribution is 5.99. The average molecular weight is 641 g/mol.